The van der Waals surface area contributed by atoms with Gasteiger partial charge in [0.2, 0.25) is 6.29 Å². The molecule has 4 aliphatic rings. The fourth-order valence-electron chi connectivity index (χ4n) is 6.60. The fourth-order valence-corrected chi connectivity index (χ4v) is 6.60. The quantitative estimate of drug-likeness (QED) is 0.0666. The van der Waals surface area contributed by atoms with Crippen molar-refractivity contribution in [2.45, 2.75) is 111 Å². The molecule has 3 aliphatic heterocycles. The molecule has 3 heterocycles. The van der Waals surface area contributed by atoms with Gasteiger partial charge >= 0.3 is 0 Å². The van der Waals surface area contributed by atoms with E-state index in [9.17, 15) is 35.7 Å². The maximum Gasteiger partial charge on any atom is 0.215 e. The Morgan fingerprint density at radius 1 is 0.792 bits per heavy atom. The minimum Gasteiger partial charge on any atom is -0.467 e. The van der Waals surface area contributed by atoms with E-state index in [0.29, 0.717) is 25.3 Å². The SMILES string of the molecule is NC[C@@H]1O[C@H](O[C@H]2[C@@H](O)[C@H](O[C@@H]3[C@@H](O)[C@H](CC(CO)CO)C[C@H](N)[C@H]3O[C@H]3OC(CNCCO)=CC[C@H]3N)O[C@@H]2CO)[C@H](N)[C@@H](O)[C@@H]1O. The van der Waals surface area contributed by atoms with Gasteiger partial charge in [0, 0.05) is 38.3 Å². The summed E-state index contributed by atoms with van der Waals surface area (Å²) in [5.41, 5.74) is 24.6. The standard InChI is InChI=1S/C29H55N5O14/c30-7-17-21(40)22(41)19(33)28(44-17)47-25-18(11-38)45-29(23(25)42)48-26-20(39)13(5-12(9-36)10-37)6-16(32)24(26)46-27-15(31)2-1-14(43-27)8-34-3-4-35/h1,12-13,15-29,34-42H,2-11,30-33H2/t13-,15-,16+,17+,18-,19-,20+,21-,22-,23-,24-,25-,26-,27-,28-,29+/m1/s1. The first kappa shape index (κ1) is 39.6. The highest BCUT2D eigenvalue weighted by molar-refractivity contribution is 5.04. The Hall–Kier alpha value is -1.18. The third kappa shape index (κ3) is 9.18. The van der Waals surface area contributed by atoms with Gasteiger partial charge in [0.25, 0.3) is 0 Å². The van der Waals surface area contributed by atoms with Crippen molar-refractivity contribution >= 4 is 0 Å². The van der Waals surface area contributed by atoms with Crippen molar-refractivity contribution in [1.29, 1.82) is 0 Å². The normalized spacial score (nSPS) is 43.7. The van der Waals surface area contributed by atoms with E-state index in [-0.39, 0.29) is 39.2 Å². The molecule has 19 nitrogen and oxygen atoms in total. The third-order valence-electron chi connectivity index (χ3n) is 9.44. The summed E-state index contributed by atoms with van der Waals surface area (Å²) < 4.78 is 35.8. The number of aliphatic hydroxyl groups is 8. The predicted molar refractivity (Wildman–Crippen MR) is 164 cm³/mol. The summed E-state index contributed by atoms with van der Waals surface area (Å²) in [6.07, 6.45) is -12.8. The fraction of sp³-hybridized carbons (Fsp3) is 0.931. The molecule has 0 unspecified atom stereocenters. The first-order valence-electron chi connectivity index (χ1n) is 16.4. The highest BCUT2D eigenvalue weighted by atomic mass is 16.8. The molecule has 2 saturated heterocycles. The van der Waals surface area contributed by atoms with Crippen LogP contribution in [-0.4, -0.2) is 179 Å². The summed E-state index contributed by atoms with van der Waals surface area (Å²) >= 11 is 0. The third-order valence-corrected chi connectivity index (χ3v) is 9.44. The molecule has 4 rings (SSSR count). The molecule has 0 bridgehead atoms. The zero-order chi connectivity index (χ0) is 35.1. The smallest absolute Gasteiger partial charge is 0.215 e. The second kappa shape index (κ2) is 18.4. The van der Waals surface area contributed by atoms with E-state index in [1.807, 2.05) is 0 Å². The lowest BCUT2D eigenvalue weighted by Crippen LogP contribution is -2.64. The van der Waals surface area contributed by atoms with Crippen LogP contribution in [0.15, 0.2) is 11.8 Å². The van der Waals surface area contributed by atoms with Crippen molar-refractivity contribution in [3.05, 3.63) is 11.8 Å². The van der Waals surface area contributed by atoms with E-state index in [1.54, 1.807) is 6.08 Å². The van der Waals surface area contributed by atoms with Gasteiger partial charge in [-0.15, -0.1) is 0 Å². The molecule has 0 aromatic heterocycles. The Bertz CT molecular complexity index is 1000. The molecule has 0 amide bonds. The van der Waals surface area contributed by atoms with Crippen LogP contribution in [0.5, 0.6) is 0 Å². The molecular formula is C29H55N5O14. The van der Waals surface area contributed by atoms with Crippen LogP contribution in [0.4, 0.5) is 0 Å². The summed E-state index contributed by atoms with van der Waals surface area (Å²) in [4.78, 5) is 0. The van der Waals surface area contributed by atoms with Gasteiger partial charge in [-0.3, -0.25) is 0 Å². The van der Waals surface area contributed by atoms with Crippen molar-refractivity contribution < 1.29 is 69.3 Å². The molecule has 48 heavy (non-hydrogen) atoms. The summed E-state index contributed by atoms with van der Waals surface area (Å²) in [5, 5.41) is 85.2. The van der Waals surface area contributed by atoms with E-state index >= 15 is 0 Å². The van der Waals surface area contributed by atoms with Gasteiger partial charge in [-0.2, -0.15) is 0 Å². The first-order valence-corrected chi connectivity index (χ1v) is 16.4. The average Bonchev–Trinajstić information content (AvgIpc) is 3.38. The number of nitrogens with two attached hydrogens (primary N) is 4. The Kier molecular flexibility index (Phi) is 15.1. The monoisotopic (exact) mass is 697 g/mol. The first-order chi connectivity index (χ1) is 23.0. The van der Waals surface area contributed by atoms with Crippen LogP contribution in [-0.2, 0) is 28.4 Å². The molecular weight excluding hydrogens is 642 g/mol. The van der Waals surface area contributed by atoms with E-state index in [1.165, 1.54) is 0 Å². The van der Waals surface area contributed by atoms with Crippen molar-refractivity contribution in [1.82, 2.24) is 5.32 Å². The lowest BCUT2D eigenvalue weighted by atomic mass is 9.75. The van der Waals surface area contributed by atoms with Crippen LogP contribution < -0.4 is 28.3 Å². The van der Waals surface area contributed by atoms with E-state index in [2.05, 4.69) is 5.32 Å². The number of rotatable bonds is 16. The van der Waals surface area contributed by atoms with Crippen molar-refractivity contribution in [2.24, 2.45) is 34.8 Å². The molecule has 1 aliphatic carbocycles. The maximum absolute atomic E-state index is 11.6. The van der Waals surface area contributed by atoms with Crippen LogP contribution in [0.3, 0.4) is 0 Å². The Morgan fingerprint density at radius 3 is 2.10 bits per heavy atom. The molecule has 17 N–H and O–H groups in total. The largest absolute Gasteiger partial charge is 0.467 e. The number of ether oxygens (including phenoxy) is 6. The zero-order valence-corrected chi connectivity index (χ0v) is 26.8. The molecule has 0 aromatic carbocycles. The van der Waals surface area contributed by atoms with Crippen LogP contribution in [0, 0.1) is 11.8 Å². The topological polar surface area (TPSA) is 333 Å². The molecule has 280 valence electrons. The van der Waals surface area contributed by atoms with Crippen LogP contribution in [0.2, 0.25) is 0 Å². The number of aliphatic hydroxyl groups excluding tert-OH is 8. The van der Waals surface area contributed by atoms with Crippen molar-refractivity contribution in [3.8, 4) is 0 Å². The van der Waals surface area contributed by atoms with Gasteiger partial charge in [0.05, 0.1) is 37.9 Å². The molecule has 1 saturated carbocycles. The summed E-state index contributed by atoms with van der Waals surface area (Å²) in [5.74, 6) is -0.579. The van der Waals surface area contributed by atoms with Crippen molar-refractivity contribution in [2.75, 3.05) is 46.1 Å². The summed E-state index contributed by atoms with van der Waals surface area (Å²) in [6, 6.07) is -2.62. The van der Waals surface area contributed by atoms with Gasteiger partial charge < -0.3 is 97.5 Å². The lowest BCUT2D eigenvalue weighted by Gasteiger charge is -2.46. The number of hydrogen-bond donors (Lipinski definition) is 13. The Morgan fingerprint density at radius 2 is 1.46 bits per heavy atom. The second-order valence-electron chi connectivity index (χ2n) is 12.9. The lowest BCUT2D eigenvalue weighted by molar-refractivity contribution is -0.283. The van der Waals surface area contributed by atoms with Crippen LogP contribution in [0.25, 0.3) is 0 Å². The van der Waals surface area contributed by atoms with Crippen molar-refractivity contribution in [3.63, 3.8) is 0 Å². The molecule has 3 fully saturated rings. The highest BCUT2D eigenvalue weighted by Gasteiger charge is 2.54. The molecule has 0 spiro atoms. The summed E-state index contributed by atoms with van der Waals surface area (Å²) in [6.45, 7) is -0.861. The summed E-state index contributed by atoms with van der Waals surface area (Å²) in [7, 11) is 0. The van der Waals surface area contributed by atoms with Gasteiger partial charge in [0.15, 0.2) is 12.6 Å². The minimum absolute atomic E-state index is 0.0625. The van der Waals surface area contributed by atoms with Gasteiger partial charge in [-0.25, -0.2) is 0 Å². The molecule has 0 aromatic rings. The Labute approximate surface area is 278 Å². The van der Waals surface area contributed by atoms with Crippen LogP contribution >= 0.6 is 0 Å². The predicted octanol–water partition coefficient (Wildman–Crippen LogP) is -6.81. The number of nitrogens with one attached hydrogen (secondary N) is 1. The molecule has 16 atom stereocenters. The van der Waals surface area contributed by atoms with Gasteiger partial charge in [0.1, 0.15) is 54.6 Å². The molecule has 19 heteroatoms. The second-order valence-corrected chi connectivity index (χ2v) is 12.9. The average molecular weight is 698 g/mol. The molecule has 0 radical (unpaired) electrons. The highest BCUT2D eigenvalue weighted by Crippen LogP contribution is 2.37. The Balaban J connectivity index is 1.53. The van der Waals surface area contributed by atoms with E-state index < -0.39 is 110 Å². The van der Waals surface area contributed by atoms with Gasteiger partial charge in [-0.05, 0) is 31.3 Å². The van der Waals surface area contributed by atoms with E-state index in [0.717, 1.165) is 0 Å². The maximum atomic E-state index is 11.6. The zero-order valence-electron chi connectivity index (χ0n) is 26.8. The van der Waals surface area contributed by atoms with Gasteiger partial charge in [-0.1, -0.05) is 0 Å². The van der Waals surface area contributed by atoms with E-state index in [4.69, 9.17) is 56.5 Å². The van der Waals surface area contributed by atoms with Crippen LogP contribution in [0.1, 0.15) is 19.3 Å². The minimum atomic E-state index is -1.59. The number of hydrogen-bond acceptors (Lipinski definition) is 19.